The number of anilines is 1. The van der Waals surface area contributed by atoms with Crippen LogP contribution in [0.5, 0.6) is 5.75 Å². The van der Waals surface area contributed by atoms with Crippen molar-refractivity contribution < 1.29 is 19.0 Å². The Morgan fingerprint density at radius 2 is 2.10 bits per heavy atom. The molecule has 2 aliphatic carbocycles. The van der Waals surface area contributed by atoms with Gasteiger partial charge >= 0.3 is 5.97 Å². The van der Waals surface area contributed by atoms with Crippen molar-refractivity contribution in [1.29, 1.82) is 0 Å². The number of hydrogen-bond donors (Lipinski definition) is 2. The van der Waals surface area contributed by atoms with Gasteiger partial charge in [0.1, 0.15) is 11.7 Å². The van der Waals surface area contributed by atoms with Gasteiger partial charge in [0.2, 0.25) is 5.43 Å². The third-order valence-corrected chi connectivity index (χ3v) is 7.23. The normalized spacial score (nSPS) is 27.2. The molecule has 2 aromatic rings. The van der Waals surface area contributed by atoms with Crippen LogP contribution in [-0.2, 0) is 0 Å². The number of pyridine rings is 1. The molecule has 8 heteroatoms. The quantitative estimate of drug-likeness (QED) is 0.779. The van der Waals surface area contributed by atoms with Crippen LogP contribution in [0.4, 0.5) is 10.1 Å². The van der Waals surface area contributed by atoms with Crippen LogP contribution in [0.3, 0.4) is 0 Å². The summed E-state index contributed by atoms with van der Waals surface area (Å²) in [6, 6.07) is 2.97. The molecule has 1 aromatic carbocycles. The Morgan fingerprint density at radius 3 is 2.67 bits per heavy atom. The van der Waals surface area contributed by atoms with Gasteiger partial charge in [-0.05, 0) is 43.7 Å². The van der Waals surface area contributed by atoms with E-state index in [1.54, 1.807) is 10.6 Å². The molecule has 0 spiro atoms. The summed E-state index contributed by atoms with van der Waals surface area (Å²) in [7, 11) is 1.53. The SMILES string of the molecule is COc1c(N2CC[C@@H](C3(N)CCC3)C2)ccc2c(=O)c(C(=O)O)cn([C@@H]3C[C@H]3F)c12. The average molecular weight is 415 g/mol. The van der Waals surface area contributed by atoms with E-state index in [0.717, 1.165) is 38.0 Å². The minimum absolute atomic E-state index is 0.0905. The number of nitrogens with zero attached hydrogens (tertiary/aromatic N) is 2. The van der Waals surface area contributed by atoms with Crippen LogP contribution in [0.1, 0.15) is 48.5 Å². The molecule has 3 atom stereocenters. The third kappa shape index (κ3) is 2.80. The fourth-order valence-corrected chi connectivity index (χ4v) is 5.15. The van der Waals surface area contributed by atoms with E-state index >= 15 is 0 Å². The number of ether oxygens (including phenoxy) is 1. The molecule has 0 amide bonds. The van der Waals surface area contributed by atoms with Gasteiger partial charge in [-0.1, -0.05) is 0 Å². The Hall–Kier alpha value is -2.61. The summed E-state index contributed by atoms with van der Waals surface area (Å²) in [5.41, 5.74) is 6.84. The van der Waals surface area contributed by atoms with Crippen molar-refractivity contribution in [2.45, 2.75) is 49.9 Å². The van der Waals surface area contributed by atoms with E-state index in [9.17, 15) is 19.1 Å². The maximum absolute atomic E-state index is 14.0. The van der Waals surface area contributed by atoms with Gasteiger partial charge < -0.3 is 25.0 Å². The number of aromatic nitrogens is 1. The molecule has 3 aliphatic rings. The van der Waals surface area contributed by atoms with Gasteiger partial charge in [0.25, 0.3) is 0 Å². The van der Waals surface area contributed by atoms with Crippen LogP contribution in [0, 0.1) is 5.92 Å². The molecular weight excluding hydrogens is 389 g/mol. The number of aromatic carboxylic acids is 1. The Bertz CT molecular complexity index is 1090. The Kier molecular flexibility index (Phi) is 4.32. The summed E-state index contributed by atoms with van der Waals surface area (Å²) in [4.78, 5) is 26.6. The number of carboxylic acids is 1. The Balaban J connectivity index is 1.64. The average Bonchev–Trinajstić information content (AvgIpc) is 3.22. The van der Waals surface area contributed by atoms with Gasteiger partial charge in [0.05, 0.1) is 29.7 Å². The minimum Gasteiger partial charge on any atom is -0.492 e. The molecule has 3 fully saturated rings. The van der Waals surface area contributed by atoms with Crippen molar-refractivity contribution >= 4 is 22.6 Å². The van der Waals surface area contributed by atoms with Crippen LogP contribution in [0.15, 0.2) is 23.1 Å². The van der Waals surface area contributed by atoms with Gasteiger partial charge in [0, 0.05) is 31.2 Å². The molecule has 160 valence electrons. The number of carbonyl (C=O) groups is 1. The summed E-state index contributed by atoms with van der Waals surface area (Å²) < 4.78 is 21.3. The third-order valence-electron chi connectivity index (χ3n) is 7.23. The van der Waals surface area contributed by atoms with Crippen molar-refractivity contribution in [1.82, 2.24) is 4.57 Å². The summed E-state index contributed by atoms with van der Waals surface area (Å²) in [5.74, 6) is -0.422. The number of carboxylic acid groups (broad SMARTS) is 1. The zero-order chi connectivity index (χ0) is 21.2. The smallest absolute Gasteiger partial charge is 0.341 e. The molecular formula is C22H26FN3O4. The molecule has 30 heavy (non-hydrogen) atoms. The van der Waals surface area contributed by atoms with E-state index in [0.29, 0.717) is 23.6 Å². The maximum atomic E-state index is 14.0. The number of halogens is 1. The fraction of sp³-hybridized carbons (Fsp3) is 0.545. The van der Waals surface area contributed by atoms with Crippen LogP contribution in [0.2, 0.25) is 0 Å². The molecule has 1 aromatic heterocycles. The highest BCUT2D eigenvalue weighted by atomic mass is 19.1. The monoisotopic (exact) mass is 415 g/mol. The zero-order valence-electron chi connectivity index (χ0n) is 16.9. The summed E-state index contributed by atoms with van der Waals surface area (Å²) in [5, 5.41) is 9.68. The second-order valence-corrected chi connectivity index (χ2v) is 8.94. The second-order valence-electron chi connectivity index (χ2n) is 8.94. The first-order chi connectivity index (χ1) is 14.3. The molecule has 2 heterocycles. The summed E-state index contributed by atoms with van der Waals surface area (Å²) >= 11 is 0. The highest BCUT2D eigenvalue weighted by molar-refractivity contribution is 5.97. The first kappa shape index (κ1) is 19.4. The Morgan fingerprint density at radius 1 is 1.37 bits per heavy atom. The van der Waals surface area contributed by atoms with Crippen molar-refractivity contribution in [3.8, 4) is 5.75 Å². The predicted octanol–water partition coefficient (Wildman–Crippen LogP) is 2.70. The molecule has 0 bridgehead atoms. The number of fused-ring (bicyclic) bond motifs is 1. The Labute approximate surface area is 173 Å². The van der Waals surface area contributed by atoms with E-state index in [-0.39, 0.29) is 16.5 Å². The molecule has 5 rings (SSSR count). The highest BCUT2D eigenvalue weighted by Crippen LogP contribution is 2.46. The number of nitrogens with two attached hydrogens (primary N) is 1. The lowest BCUT2D eigenvalue weighted by atomic mass is 9.68. The van der Waals surface area contributed by atoms with Crippen LogP contribution >= 0.6 is 0 Å². The number of benzene rings is 1. The molecule has 2 saturated carbocycles. The van der Waals surface area contributed by atoms with Gasteiger partial charge in [-0.15, -0.1) is 0 Å². The summed E-state index contributed by atoms with van der Waals surface area (Å²) in [6.45, 7) is 1.64. The lowest BCUT2D eigenvalue weighted by Crippen LogP contribution is -2.53. The standard InChI is InChI=1S/C22H26FN3O4/c1-30-20-16(25-8-5-12(10-25)22(24)6-2-7-22)4-3-13-18(20)26(17-9-15(17)23)11-14(19(13)27)21(28)29/h3-4,11-12,15,17H,2,5-10,24H2,1H3,(H,28,29)/t12-,15-,17-/m1/s1. The molecule has 1 saturated heterocycles. The topological polar surface area (TPSA) is 97.8 Å². The first-order valence-corrected chi connectivity index (χ1v) is 10.5. The number of hydrogen-bond acceptors (Lipinski definition) is 5. The predicted molar refractivity (Wildman–Crippen MR) is 111 cm³/mol. The van der Waals surface area contributed by atoms with Crippen molar-refractivity contribution in [2.75, 3.05) is 25.1 Å². The number of rotatable bonds is 5. The fourth-order valence-electron chi connectivity index (χ4n) is 5.15. The van der Waals surface area contributed by atoms with Crippen molar-refractivity contribution in [3.05, 3.63) is 34.1 Å². The van der Waals surface area contributed by atoms with E-state index in [1.807, 2.05) is 6.07 Å². The molecule has 0 radical (unpaired) electrons. The minimum atomic E-state index is -1.31. The van der Waals surface area contributed by atoms with Gasteiger partial charge in [-0.25, -0.2) is 9.18 Å². The lowest BCUT2D eigenvalue weighted by Gasteiger charge is -2.43. The van der Waals surface area contributed by atoms with Gasteiger partial charge in [0.15, 0.2) is 5.75 Å². The van der Waals surface area contributed by atoms with E-state index in [1.165, 1.54) is 19.7 Å². The van der Waals surface area contributed by atoms with Crippen molar-refractivity contribution in [2.24, 2.45) is 11.7 Å². The van der Waals surface area contributed by atoms with Crippen LogP contribution < -0.4 is 20.8 Å². The van der Waals surface area contributed by atoms with Crippen molar-refractivity contribution in [3.63, 3.8) is 0 Å². The van der Waals surface area contributed by atoms with E-state index < -0.39 is 23.6 Å². The lowest BCUT2D eigenvalue weighted by molar-refractivity contribution is 0.0694. The van der Waals surface area contributed by atoms with Gasteiger partial charge in [-0.2, -0.15) is 0 Å². The van der Waals surface area contributed by atoms with Crippen LogP contribution in [0.25, 0.3) is 10.9 Å². The number of alkyl halides is 1. The zero-order valence-corrected chi connectivity index (χ0v) is 16.9. The number of methoxy groups -OCH3 is 1. The van der Waals surface area contributed by atoms with E-state index in [4.69, 9.17) is 10.5 Å². The molecule has 1 aliphatic heterocycles. The molecule has 7 nitrogen and oxygen atoms in total. The first-order valence-electron chi connectivity index (χ1n) is 10.5. The maximum Gasteiger partial charge on any atom is 0.341 e. The van der Waals surface area contributed by atoms with Crippen LogP contribution in [-0.4, -0.2) is 47.6 Å². The van der Waals surface area contributed by atoms with Gasteiger partial charge in [-0.3, -0.25) is 4.79 Å². The molecule has 3 N–H and O–H groups in total. The summed E-state index contributed by atoms with van der Waals surface area (Å²) in [6.07, 6.45) is 4.78. The molecule has 0 unspecified atom stereocenters. The largest absolute Gasteiger partial charge is 0.492 e. The highest BCUT2D eigenvalue weighted by Gasteiger charge is 2.44. The second kappa shape index (κ2) is 6.70. The van der Waals surface area contributed by atoms with E-state index in [2.05, 4.69) is 4.90 Å².